The first-order chi connectivity index (χ1) is 20.9. The van der Waals surface area contributed by atoms with E-state index in [2.05, 4.69) is 10.2 Å². The molecule has 3 fully saturated rings. The summed E-state index contributed by atoms with van der Waals surface area (Å²) in [6.45, 7) is 4.64. The largest absolute Gasteiger partial charge is 0.481 e. The molecule has 2 aromatic carbocycles. The van der Waals surface area contributed by atoms with Crippen LogP contribution in [-0.2, 0) is 19.6 Å². The normalized spacial score (nSPS) is 26.0. The number of rotatable bonds is 13. The average Bonchev–Trinajstić information content (AvgIpc) is 3.72. The summed E-state index contributed by atoms with van der Waals surface area (Å²) in [6, 6.07) is 14.0. The fourth-order valence-electron chi connectivity index (χ4n) is 7.23. The molecule has 1 amide bonds. The van der Waals surface area contributed by atoms with Crippen LogP contribution in [-0.4, -0.2) is 72.6 Å². The fourth-order valence-corrected chi connectivity index (χ4v) is 9.32. The maximum atomic E-state index is 14.1. The molecule has 8 nitrogen and oxygen atoms in total. The second kappa shape index (κ2) is 13.7. The van der Waals surface area contributed by atoms with Gasteiger partial charge in [-0.2, -0.15) is 4.31 Å². The van der Waals surface area contributed by atoms with E-state index < -0.39 is 27.4 Å². The Kier molecular flexibility index (Phi) is 10.3. The number of piperidine rings is 1. The van der Waals surface area contributed by atoms with E-state index in [1.165, 1.54) is 4.31 Å². The Hall–Kier alpha value is -2.17. The van der Waals surface area contributed by atoms with E-state index in [1.807, 2.05) is 37.3 Å². The Bertz CT molecular complexity index is 1450. The van der Waals surface area contributed by atoms with Crippen LogP contribution in [0.5, 0.6) is 0 Å². The molecule has 5 rings (SSSR count). The molecule has 2 saturated heterocycles. The number of carbonyl (C=O) groups excluding carboxylic acids is 1. The SMILES string of the molecule is CC(C[C@@H](c1ccc(Cl)cc1)N(C)S(=O)(=O)C1CC1)[C@@H]1NC(=O)[C@](CCN2CCCC2)(CC(=O)O)C[C@@H]1c1cccc(Cl)c1. The minimum absolute atomic E-state index is 0.165. The first kappa shape index (κ1) is 33.2. The predicted octanol–water partition coefficient (Wildman–Crippen LogP) is 6.10. The van der Waals surface area contributed by atoms with Crippen molar-refractivity contribution >= 4 is 45.1 Å². The summed E-state index contributed by atoms with van der Waals surface area (Å²) in [5.41, 5.74) is 0.701. The fraction of sp³-hybridized carbons (Fsp3) is 0.576. The van der Waals surface area contributed by atoms with Crippen molar-refractivity contribution in [3.05, 3.63) is 69.7 Å². The molecule has 2 aliphatic heterocycles. The van der Waals surface area contributed by atoms with E-state index in [1.54, 1.807) is 25.2 Å². The minimum Gasteiger partial charge on any atom is -0.481 e. The number of carboxylic acid groups (broad SMARTS) is 1. The lowest BCUT2D eigenvalue weighted by atomic mass is 9.64. The third-order valence-electron chi connectivity index (χ3n) is 9.94. The first-order valence-electron chi connectivity index (χ1n) is 15.6. The monoisotopic (exact) mass is 663 g/mol. The second-order valence-electron chi connectivity index (χ2n) is 13.1. The topological polar surface area (TPSA) is 107 Å². The molecule has 2 N–H and O–H groups in total. The van der Waals surface area contributed by atoms with Crippen LogP contribution in [0.15, 0.2) is 48.5 Å². The lowest BCUT2D eigenvalue weighted by Gasteiger charge is -2.47. The molecule has 11 heteroatoms. The summed E-state index contributed by atoms with van der Waals surface area (Å²) < 4.78 is 28.4. The van der Waals surface area contributed by atoms with Gasteiger partial charge < -0.3 is 15.3 Å². The van der Waals surface area contributed by atoms with Gasteiger partial charge in [0.2, 0.25) is 15.9 Å². The Morgan fingerprint density at radius 3 is 2.41 bits per heavy atom. The molecule has 5 atom stereocenters. The highest BCUT2D eigenvalue weighted by Crippen LogP contribution is 2.47. The number of hydrogen-bond donors (Lipinski definition) is 2. The Morgan fingerprint density at radius 1 is 1.11 bits per heavy atom. The van der Waals surface area contributed by atoms with Crippen LogP contribution in [0.3, 0.4) is 0 Å². The molecule has 0 aromatic heterocycles. The van der Waals surface area contributed by atoms with Gasteiger partial charge in [-0.25, -0.2) is 8.42 Å². The lowest BCUT2D eigenvalue weighted by molar-refractivity contribution is -0.149. The van der Waals surface area contributed by atoms with Crippen molar-refractivity contribution in [2.75, 3.05) is 26.7 Å². The Labute approximate surface area is 271 Å². The number of aliphatic carboxylic acids is 1. The van der Waals surface area contributed by atoms with Crippen LogP contribution in [0.1, 0.15) is 81.4 Å². The highest BCUT2D eigenvalue weighted by Gasteiger charge is 2.51. The molecule has 1 saturated carbocycles. The van der Waals surface area contributed by atoms with E-state index in [9.17, 15) is 23.1 Å². The van der Waals surface area contributed by atoms with Gasteiger partial charge in [0.25, 0.3) is 0 Å². The van der Waals surface area contributed by atoms with Gasteiger partial charge in [-0.15, -0.1) is 0 Å². The minimum atomic E-state index is -3.50. The van der Waals surface area contributed by atoms with Crippen molar-refractivity contribution in [2.24, 2.45) is 11.3 Å². The number of nitrogens with zero attached hydrogens (tertiary/aromatic N) is 2. The molecular formula is C33H43Cl2N3O5S. The van der Waals surface area contributed by atoms with Crippen LogP contribution in [0.2, 0.25) is 10.0 Å². The van der Waals surface area contributed by atoms with Crippen molar-refractivity contribution in [3.63, 3.8) is 0 Å². The lowest BCUT2D eigenvalue weighted by Crippen LogP contribution is -2.58. The van der Waals surface area contributed by atoms with Crippen LogP contribution in [0, 0.1) is 11.3 Å². The van der Waals surface area contributed by atoms with Gasteiger partial charge in [-0.1, -0.05) is 54.4 Å². The summed E-state index contributed by atoms with van der Waals surface area (Å²) in [5, 5.41) is 14.0. The molecule has 1 unspecified atom stereocenters. The number of sulfonamides is 1. The van der Waals surface area contributed by atoms with Crippen LogP contribution in [0.25, 0.3) is 0 Å². The van der Waals surface area contributed by atoms with E-state index in [0.717, 1.165) is 37.1 Å². The summed E-state index contributed by atoms with van der Waals surface area (Å²) in [6.07, 6.45) is 4.58. The van der Waals surface area contributed by atoms with Gasteiger partial charge in [0, 0.05) is 35.1 Å². The summed E-state index contributed by atoms with van der Waals surface area (Å²) in [5.74, 6) is -1.61. The number of hydrogen-bond acceptors (Lipinski definition) is 5. The zero-order chi connectivity index (χ0) is 31.6. The van der Waals surface area contributed by atoms with E-state index >= 15 is 0 Å². The highest BCUT2D eigenvalue weighted by molar-refractivity contribution is 7.90. The molecule has 2 aromatic rings. The van der Waals surface area contributed by atoms with Gasteiger partial charge in [0.15, 0.2) is 0 Å². The van der Waals surface area contributed by atoms with Gasteiger partial charge >= 0.3 is 5.97 Å². The van der Waals surface area contributed by atoms with Crippen molar-refractivity contribution < 1.29 is 23.1 Å². The van der Waals surface area contributed by atoms with Gasteiger partial charge in [0.05, 0.1) is 17.1 Å². The van der Waals surface area contributed by atoms with E-state index in [4.69, 9.17) is 23.2 Å². The Balaban J connectivity index is 1.48. The zero-order valence-corrected chi connectivity index (χ0v) is 27.8. The number of benzene rings is 2. The first-order valence-corrected chi connectivity index (χ1v) is 17.9. The maximum absolute atomic E-state index is 14.1. The van der Waals surface area contributed by atoms with Crippen molar-refractivity contribution in [2.45, 2.75) is 81.5 Å². The van der Waals surface area contributed by atoms with Crippen molar-refractivity contribution in [3.8, 4) is 0 Å². The smallest absolute Gasteiger partial charge is 0.304 e. The van der Waals surface area contributed by atoms with Crippen LogP contribution >= 0.6 is 23.2 Å². The number of carboxylic acids is 1. The van der Waals surface area contributed by atoms with Crippen LogP contribution in [0.4, 0.5) is 0 Å². The predicted molar refractivity (Wildman–Crippen MR) is 173 cm³/mol. The highest BCUT2D eigenvalue weighted by atomic mass is 35.5. The van der Waals surface area contributed by atoms with Crippen molar-refractivity contribution in [1.82, 2.24) is 14.5 Å². The van der Waals surface area contributed by atoms with Gasteiger partial charge in [-0.05, 0) is 106 Å². The molecule has 0 spiro atoms. The maximum Gasteiger partial charge on any atom is 0.304 e. The molecule has 0 bridgehead atoms. The number of amides is 1. The molecule has 0 radical (unpaired) electrons. The third kappa shape index (κ3) is 7.44. The number of likely N-dealkylation sites (tertiary alicyclic amines) is 1. The van der Waals surface area contributed by atoms with Gasteiger partial charge in [0.1, 0.15) is 0 Å². The molecule has 3 aliphatic rings. The standard InChI is InChI=1S/C33H43Cl2N3O5S/c1-22(18-29(23-8-10-25(34)11-9-23)37(2)44(42,43)27-12-13-27)31-28(24-6-5-7-26(35)19-24)20-33(21-30(39)40,32(41)36-31)14-17-38-15-3-4-16-38/h5-11,19,22,27-29,31H,3-4,12-18,20-21H2,1-2H3,(H,36,41)(H,39,40)/t22?,28-,29+,31+,33+/m1/s1. The molecule has 44 heavy (non-hydrogen) atoms. The molecule has 2 heterocycles. The Morgan fingerprint density at radius 2 is 1.80 bits per heavy atom. The molecule has 1 aliphatic carbocycles. The van der Waals surface area contributed by atoms with Gasteiger partial charge in [-0.3, -0.25) is 9.59 Å². The number of halogens is 2. The number of carbonyl (C=O) groups is 2. The average molecular weight is 665 g/mol. The van der Waals surface area contributed by atoms with E-state index in [0.29, 0.717) is 48.7 Å². The number of nitrogens with one attached hydrogen (secondary N) is 1. The molecular weight excluding hydrogens is 621 g/mol. The van der Waals surface area contributed by atoms with E-state index in [-0.39, 0.29) is 35.5 Å². The quantitative estimate of drug-likeness (QED) is 0.268. The zero-order valence-electron chi connectivity index (χ0n) is 25.4. The third-order valence-corrected chi connectivity index (χ3v) is 12.8. The summed E-state index contributed by atoms with van der Waals surface area (Å²) >= 11 is 12.6. The van der Waals surface area contributed by atoms with Crippen molar-refractivity contribution in [1.29, 1.82) is 0 Å². The van der Waals surface area contributed by atoms with Crippen LogP contribution < -0.4 is 5.32 Å². The summed E-state index contributed by atoms with van der Waals surface area (Å²) in [7, 11) is -1.86. The second-order valence-corrected chi connectivity index (χ2v) is 16.2. The molecule has 240 valence electrons. The summed E-state index contributed by atoms with van der Waals surface area (Å²) in [4.78, 5) is 28.6.